The van der Waals surface area contributed by atoms with E-state index in [1.54, 1.807) is 11.3 Å². The molecule has 0 aliphatic carbocycles. The van der Waals surface area contributed by atoms with Crippen LogP contribution in [0.2, 0.25) is 0 Å². The molecule has 0 unspecified atom stereocenters. The zero-order valence-electron chi connectivity index (χ0n) is 13.8. The van der Waals surface area contributed by atoms with E-state index in [-0.39, 0.29) is 0 Å². The fraction of sp³-hybridized carbons (Fsp3) is 0.444. The highest BCUT2D eigenvalue weighted by Crippen LogP contribution is 2.23. The van der Waals surface area contributed by atoms with Gasteiger partial charge in [0.25, 0.3) is 0 Å². The summed E-state index contributed by atoms with van der Waals surface area (Å²) in [5.41, 5.74) is 2.25. The van der Waals surface area contributed by atoms with Gasteiger partial charge in [0, 0.05) is 31.1 Å². The summed E-state index contributed by atoms with van der Waals surface area (Å²) in [5.74, 6) is 1.82. The highest BCUT2D eigenvalue weighted by atomic mass is 32.1. The number of benzene rings is 1. The molecule has 0 radical (unpaired) electrons. The second kappa shape index (κ2) is 7.59. The van der Waals surface area contributed by atoms with Gasteiger partial charge in [0.15, 0.2) is 5.96 Å². The van der Waals surface area contributed by atoms with Crippen molar-refractivity contribution in [3.05, 3.63) is 41.4 Å². The zero-order valence-corrected chi connectivity index (χ0v) is 14.6. The number of nitrogens with zero attached hydrogens (tertiary/aromatic N) is 3. The zero-order chi connectivity index (χ0) is 16.1. The first-order valence-electron chi connectivity index (χ1n) is 8.21. The summed E-state index contributed by atoms with van der Waals surface area (Å²) in [5, 5.41) is 6.65. The summed E-state index contributed by atoms with van der Waals surface area (Å²) in [6, 6.07) is 10.3. The van der Waals surface area contributed by atoms with Gasteiger partial charge in [-0.2, -0.15) is 0 Å². The van der Waals surface area contributed by atoms with E-state index in [0.29, 0.717) is 0 Å². The van der Waals surface area contributed by atoms with Crippen molar-refractivity contribution in [2.75, 3.05) is 20.1 Å². The molecule has 2 aromatic rings. The highest BCUT2D eigenvalue weighted by Gasteiger charge is 2.18. The smallest absolute Gasteiger partial charge is 0.193 e. The summed E-state index contributed by atoms with van der Waals surface area (Å²) in [7, 11) is 1.86. The number of thiazole rings is 1. The molecule has 122 valence electrons. The van der Waals surface area contributed by atoms with Gasteiger partial charge in [-0.3, -0.25) is 4.99 Å². The number of hydrogen-bond acceptors (Lipinski definition) is 3. The quantitative estimate of drug-likeness (QED) is 0.691. The van der Waals surface area contributed by atoms with Crippen LogP contribution in [0.3, 0.4) is 0 Å². The van der Waals surface area contributed by atoms with E-state index in [9.17, 15) is 0 Å². The number of piperidine rings is 1. The maximum atomic E-state index is 4.73. The second-order valence-electron chi connectivity index (χ2n) is 6.08. The molecule has 0 spiro atoms. The van der Waals surface area contributed by atoms with Crippen LogP contribution in [-0.4, -0.2) is 36.0 Å². The normalized spacial score (nSPS) is 16.6. The number of hydrogen-bond donors (Lipinski definition) is 1. The van der Waals surface area contributed by atoms with E-state index in [1.165, 1.54) is 18.4 Å². The Morgan fingerprint density at radius 2 is 2.04 bits per heavy atom. The molecule has 0 bridgehead atoms. The number of nitrogens with one attached hydrogen (secondary N) is 1. The molecule has 5 heteroatoms. The van der Waals surface area contributed by atoms with Crippen LogP contribution in [0.5, 0.6) is 0 Å². The molecule has 0 amide bonds. The Kier molecular flexibility index (Phi) is 5.28. The third-order valence-electron chi connectivity index (χ3n) is 4.30. The van der Waals surface area contributed by atoms with Crippen molar-refractivity contribution in [3.63, 3.8) is 0 Å². The molecule has 0 saturated carbocycles. The lowest BCUT2D eigenvalue weighted by Crippen LogP contribution is -2.45. The first-order chi connectivity index (χ1) is 11.3. The molecule has 1 saturated heterocycles. The van der Waals surface area contributed by atoms with E-state index in [0.717, 1.165) is 42.2 Å². The van der Waals surface area contributed by atoms with Gasteiger partial charge in [-0.15, -0.1) is 11.3 Å². The molecule has 23 heavy (non-hydrogen) atoms. The fourth-order valence-electron chi connectivity index (χ4n) is 2.82. The third kappa shape index (κ3) is 4.10. The molecule has 1 aromatic heterocycles. The molecule has 4 nitrogen and oxygen atoms in total. The van der Waals surface area contributed by atoms with Gasteiger partial charge in [0.05, 0.1) is 12.2 Å². The van der Waals surface area contributed by atoms with Gasteiger partial charge in [-0.25, -0.2) is 4.98 Å². The molecule has 1 aromatic carbocycles. The Balaban J connectivity index is 1.58. The van der Waals surface area contributed by atoms with E-state index >= 15 is 0 Å². The largest absolute Gasteiger partial charge is 0.351 e. The molecule has 2 heterocycles. The van der Waals surface area contributed by atoms with Crippen molar-refractivity contribution in [3.8, 4) is 10.6 Å². The minimum atomic E-state index is 0.724. The van der Waals surface area contributed by atoms with Crippen LogP contribution in [0.1, 0.15) is 25.5 Å². The lowest BCUT2D eigenvalue weighted by molar-refractivity contribution is 0.273. The van der Waals surface area contributed by atoms with Crippen molar-refractivity contribution in [2.45, 2.75) is 26.3 Å². The topological polar surface area (TPSA) is 40.5 Å². The van der Waals surface area contributed by atoms with Crippen LogP contribution in [0.25, 0.3) is 10.6 Å². The molecular formula is C18H24N4S. The molecule has 1 N–H and O–H groups in total. The van der Waals surface area contributed by atoms with E-state index in [4.69, 9.17) is 4.98 Å². The maximum absolute atomic E-state index is 4.73. The minimum Gasteiger partial charge on any atom is -0.351 e. The van der Waals surface area contributed by atoms with Gasteiger partial charge in [0.2, 0.25) is 0 Å². The van der Waals surface area contributed by atoms with E-state index in [1.807, 2.05) is 25.2 Å². The van der Waals surface area contributed by atoms with Gasteiger partial charge in [-0.05, 0) is 18.8 Å². The predicted molar refractivity (Wildman–Crippen MR) is 97.7 cm³/mol. The summed E-state index contributed by atoms with van der Waals surface area (Å²) >= 11 is 1.69. The molecular weight excluding hydrogens is 304 g/mol. The molecule has 1 aliphatic rings. The summed E-state index contributed by atoms with van der Waals surface area (Å²) < 4.78 is 0. The van der Waals surface area contributed by atoms with Crippen molar-refractivity contribution in [1.29, 1.82) is 0 Å². The number of guanidine groups is 1. The third-order valence-corrected chi connectivity index (χ3v) is 5.24. The van der Waals surface area contributed by atoms with Gasteiger partial charge in [-0.1, -0.05) is 37.3 Å². The first-order valence-corrected chi connectivity index (χ1v) is 9.09. The maximum Gasteiger partial charge on any atom is 0.193 e. The lowest BCUT2D eigenvalue weighted by atomic mass is 10.00. The summed E-state index contributed by atoms with van der Waals surface area (Å²) in [4.78, 5) is 11.5. The number of rotatable bonds is 3. The molecule has 3 rings (SSSR count). The highest BCUT2D eigenvalue weighted by molar-refractivity contribution is 7.13. The van der Waals surface area contributed by atoms with Crippen molar-refractivity contribution < 1.29 is 0 Å². The van der Waals surface area contributed by atoms with Crippen LogP contribution < -0.4 is 5.32 Å². The van der Waals surface area contributed by atoms with Crippen LogP contribution in [-0.2, 0) is 6.54 Å². The molecule has 1 fully saturated rings. The average molecular weight is 328 g/mol. The Morgan fingerprint density at radius 3 is 2.74 bits per heavy atom. The summed E-state index contributed by atoms with van der Waals surface area (Å²) in [6.45, 7) is 5.23. The number of likely N-dealkylation sites (tertiary alicyclic amines) is 1. The van der Waals surface area contributed by atoms with Crippen LogP contribution in [0, 0.1) is 5.92 Å². The molecule has 1 aliphatic heterocycles. The predicted octanol–water partition coefficient (Wildman–Crippen LogP) is 3.62. The van der Waals surface area contributed by atoms with Crippen molar-refractivity contribution in [2.24, 2.45) is 10.9 Å². The Hall–Kier alpha value is -1.88. The van der Waals surface area contributed by atoms with Gasteiger partial charge in [0.1, 0.15) is 5.01 Å². The van der Waals surface area contributed by atoms with Crippen LogP contribution >= 0.6 is 11.3 Å². The monoisotopic (exact) mass is 328 g/mol. The van der Waals surface area contributed by atoms with E-state index in [2.05, 4.69) is 39.6 Å². The summed E-state index contributed by atoms with van der Waals surface area (Å²) in [6.07, 6.45) is 2.49. The SMILES string of the molecule is CN=C(NCc1csc(-c2ccccc2)n1)N1CCC(C)CC1. The lowest BCUT2D eigenvalue weighted by Gasteiger charge is -2.32. The Labute approximate surface area is 142 Å². The van der Waals surface area contributed by atoms with Gasteiger partial charge < -0.3 is 10.2 Å². The first kappa shape index (κ1) is 16.0. The van der Waals surface area contributed by atoms with Crippen LogP contribution in [0.4, 0.5) is 0 Å². The van der Waals surface area contributed by atoms with Crippen LogP contribution in [0.15, 0.2) is 40.7 Å². The minimum absolute atomic E-state index is 0.724. The number of aromatic nitrogens is 1. The van der Waals surface area contributed by atoms with E-state index < -0.39 is 0 Å². The second-order valence-corrected chi connectivity index (χ2v) is 6.94. The van der Waals surface area contributed by atoms with Crippen molar-refractivity contribution >= 4 is 17.3 Å². The standard InChI is InChI=1S/C18H24N4S/c1-14-8-10-22(11-9-14)18(19-2)20-12-16-13-23-17(21-16)15-6-4-3-5-7-15/h3-7,13-14H,8-12H2,1-2H3,(H,19,20). The Bertz CT molecular complexity index is 642. The fourth-order valence-corrected chi connectivity index (χ4v) is 3.65. The Morgan fingerprint density at radius 1 is 1.30 bits per heavy atom. The number of aliphatic imine (C=N–C) groups is 1. The average Bonchev–Trinajstić information content (AvgIpc) is 3.07. The molecule has 0 atom stereocenters. The van der Waals surface area contributed by atoms with Gasteiger partial charge >= 0.3 is 0 Å². The van der Waals surface area contributed by atoms with Crippen molar-refractivity contribution in [1.82, 2.24) is 15.2 Å².